The van der Waals surface area contributed by atoms with Gasteiger partial charge in [0.05, 0.1) is 17.9 Å². The van der Waals surface area contributed by atoms with Gasteiger partial charge >= 0.3 is 12.2 Å². The standard InChI is InChI=1S/C22H27N3O4S/c1-22(2,3)29-21(27)24-10-9-17(24)14-25(18-11-19(30)13-23-12-18)20(26)28-15-16-7-5-4-6-8-16/h4-8,11-13,17,30H,9-10,14-15H2,1-3H3/t17-/m0/s1. The first-order valence-corrected chi connectivity index (χ1v) is 10.3. The van der Waals surface area contributed by atoms with Crippen LogP contribution in [0.4, 0.5) is 15.3 Å². The van der Waals surface area contributed by atoms with Crippen molar-refractivity contribution >= 4 is 30.5 Å². The number of hydrogen-bond donors (Lipinski definition) is 1. The Bertz CT molecular complexity index is 885. The summed E-state index contributed by atoms with van der Waals surface area (Å²) in [4.78, 5) is 33.3. The van der Waals surface area contributed by atoms with Crippen LogP contribution in [0.25, 0.3) is 0 Å². The molecule has 0 radical (unpaired) electrons. The lowest BCUT2D eigenvalue weighted by Crippen LogP contribution is -2.57. The Kier molecular flexibility index (Phi) is 6.87. The maximum Gasteiger partial charge on any atom is 0.414 e. The number of hydrogen-bond acceptors (Lipinski definition) is 6. The number of pyridine rings is 1. The Balaban J connectivity index is 1.72. The number of aromatic nitrogens is 1. The molecule has 8 heteroatoms. The van der Waals surface area contributed by atoms with Gasteiger partial charge in [-0.1, -0.05) is 30.3 Å². The fourth-order valence-electron chi connectivity index (χ4n) is 3.05. The fourth-order valence-corrected chi connectivity index (χ4v) is 3.25. The minimum absolute atomic E-state index is 0.157. The predicted molar refractivity (Wildman–Crippen MR) is 117 cm³/mol. The second kappa shape index (κ2) is 9.38. The van der Waals surface area contributed by atoms with Gasteiger partial charge in [0.25, 0.3) is 0 Å². The van der Waals surface area contributed by atoms with Crippen molar-refractivity contribution in [3.8, 4) is 0 Å². The van der Waals surface area contributed by atoms with E-state index in [9.17, 15) is 9.59 Å². The molecule has 2 heterocycles. The Labute approximate surface area is 182 Å². The van der Waals surface area contributed by atoms with Gasteiger partial charge in [-0.25, -0.2) is 9.59 Å². The summed E-state index contributed by atoms with van der Waals surface area (Å²) in [7, 11) is 0. The van der Waals surface area contributed by atoms with Crippen LogP contribution in [0.2, 0.25) is 0 Å². The number of carbonyl (C=O) groups is 2. The van der Waals surface area contributed by atoms with Crippen molar-refractivity contribution in [2.24, 2.45) is 0 Å². The zero-order valence-electron chi connectivity index (χ0n) is 17.4. The molecule has 30 heavy (non-hydrogen) atoms. The number of ether oxygens (including phenoxy) is 2. The number of rotatable bonds is 5. The summed E-state index contributed by atoms with van der Waals surface area (Å²) in [6.07, 6.45) is 3.07. The molecular formula is C22H27N3O4S. The molecule has 0 N–H and O–H groups in total. The molecular weight excluding hydrogens is 402 g/mol. The molecule has 1 saturated heterocycles. The second-order valence-corrected chi connectivity index (χ2v) is 8.68. The number of likely N-dealkylation sites (tertiary alicyclic amines) is 1. The molecule has 160 valence electrons. The minimum atomic E-state index is -0.574. The highest BCUT2D eigenvalue weighted by Gasteiger charge is 2.37. The van der Waals surface area contributed by atoms with Crippen molar-refractivity contribution < 1.29 is 19.1 Å². The molecule has 1 aromatic heterocycles. The van der Waals surface area contributed by atoms with Crippen molar-refractivity contribution in [2.75, 3.05) is 18.0 Å². The lowest BCUT2D eigenvalue weighted by molar-refractivity contribution is -0.00392. The van der Waals surface area contributed by atoms with Crippen LogP contribution < -0.4 is 4.90 Å². The van der Waals surface area contributed by atoms with Gasteiger partial charge in [0, 0.05) is 24.2 Å². The van der Waals surface area contributed by atoms with Crippen LogP contribution in [0, 0.1) is 0 Å². The maximum atomic E-state index is 12.9. The second-order valence-electron chi connectivity index (χ2n) is 8.17. The van der Waals surface area contributed by atoms with Crippen LogP contribution in [-0.4, -0.2) is 46.8 Å². The molecule has 0 spiro atoms. The van der Waals surface area contributed by atoms with Gasteiger partial charge < -0.3 is 14.4 Å². The van der Waals surface area contributed by atoms with Crippen LogP contribution in [0.3, 0.4) is 0 Å². The van der Waals surface area contributed by atoms with E-state index in [0.717, 1.165) is 12.0 Å². The Morgan fingerprint density at radius 3 is 2.57 bits per heavy atom. The van der Waals surface area contributed by atoms with Crippen LogP contribution in [0.15, 0.2) is 53.7 Å². The van der Waals surface area contributed by atoms with Crippen molar-refractivity contribution in [1.29, 1.82) is 0 Å². The smallest absolute Gasteiger partial charge is 0.414 e. The third kappa shape index (κ3) is 5.89. The first-order chi connectivity index (χ1) is 14.2. The third-order valence-corrected chi connectivity index (χ3v) is 4.86. The van der Waals surface area contributed by atoms with E-state index in [1.807, 2.05) is 51.1 Å². The van der Waals surface area contributed by atoms with E-state index in [0.29, 0.717) is 17.1 Å². The number of amides is 2. The van der Waals surface area contributed by atoms with Gasteiger partial charge in [0.15, 0.2) is 0 Å². The van der Waals surface area contributed by atoms with Crippen LogP contribution in [0.5, 0.6) is 0 Å². The van der Waals surface area contributed by atoms with Gasteiger partial charge in [-0.3, -0.25) is 9.88 Å². The van der Waals surface area contributed by atoms with Crippen LogP contribution >= 0.6 is 12.6 Å². The molecule has 0 unspecified atom stereocenters. The molecule has 0 saturated carbocycles. The summed E-state index contributed by atoms with van der Waals surface area (Å²) < 4.78 is 11.0. The van der Waals surface area contributed by atoms with Gasteiger partial charge in [-0.05, 0) is 38.8 Å². The Morgan fingerprint density at radius 1 is 1.23 bits per heavy atom. The summed E-state index contributed by atoms with van der Waals surface area (Å²) in [5.74, 6) is 0. The Hall–Kier alpha value is -2.74. The molecule has 7 nitrogen and oxygen atoms in total. The van der Waals surface area contributed by atoms with Gasteiger partial charge in [0.2, 0.25) is 0 Å². The summed E-state index contributed by atoms with van der Waals surface area (Å²) >= 11 is 4.33. The van der Waals surface area contributed by atoms with E-state index in [-0.39, 0.29) is 25.3 Å². The van der Waals surface area contributed by atoms with Crippen molar-refractivity contribution in [3.05, 3.63) is 54.4 Å². The van der Waals surface area contributed by atoms with E-state index in [2.05, 4.69) is 17.6 Å². The largest absolute Gasteiger partial charge is 0.444 e. The summed E-state index contributed by atoms with van der Waals surface area (Å²) in [6, 6.07) is 11.1. The topological polar surface area (TPSA) is 72.0 Å². The van der Waals surface area contributed by atoms with Gasteiger partial charge in [-0.2, -0.15) is 0 Å². The summed E-state index contributed by atoms with van der Waals surface area (Å²) in [5.41, 5.74) is 0.887. The zero-order valence-corrected chi connectivity index (χ0v) is 18.3. The van der Waals surface area contributed by atoms with Crippen LogP contribution in [-0.2, 0) is 16.1 Å². The van der Waals surface area contributed by atoms with Crippen molar-refractivity contribution in [2.45, 2.75) is 50.3 Å². The molecule has 1 atom stereocenters. The van der Waals surface area contributed by atoms with Gasteiger partial charge in [0.1, 0.15) is 12.2 Å². The quantitative estimate of drug-likeness (QED) is 0.708. The predicted octanol–water partition coefficient (Wildman–Crippen LogP) is 4.52. The molecule has 1 aromatic carbocycles. The molecule has 3 rings (SSSR count). The van der Waals surface area contributed by atoms with Crippen molar-refractivity contribution in [3.63, 3.8) is 0 Å². The number of anilines is 1. The molecule has 1 aliphatic rings. The lowest BCUT2D eigenvalue weighted by atomic mass is 10.0. The van der Waals surface area contributed by atoms with E-state index in [1.54, 1.807) is 23.4 Å². The number of carbonyl (C=O) groups excluding carboxylic acids is 2. The monoisotopic (exact) mass is 429 g/mol. The van der Waals surface area contributed by atoms with Crippen molar-refractivity contribution in [1.82, 2.24) is 9.88 Å². The SMILES string of the molecule is CC(C)(C)OC(=O)N1CC[C@H]1CN(C(=O)OCc1ccccc1)c1cncc(S)c1. The molecule has 2 aromatic rings. The number of nitrogens with zero attached hydrogens (tertiary/aromatic N) is 3. The fraction of sp³-hybridized carbons (Fsp3) is 0.409. The average Bonchev–Trinajstić information content (AvgIpc) is 2.65. The van der Waals surface area contributed by atoms with E-state index in [4.69, 9.17) is 9.47 Å². The molecule has 1 aliphatic heterocycles. The highest BCUT2D eigenvalue weighted by Crippen LogP contribution is 2.26. The van der Waals surface area contributed by atoms with Gasteiger partial charge in [-0.15, -0.1) is 12.6 Å². The minimum Gasteiger partial charge on any atom is -0.444 e. The highest BCUT2D eigenvalue weighted by molar-refractivity contribution is 7.80. The molecule has 0 aliphatic carbocycles. The first-order valence-electron chi connectivity index (χ1n) is 9.85. The summed E-state index contributed by atoms with van der Waals surface area (Å²) in [5, 5.41) is 0. The average molecular weight is 430 g/mol. The third-order valence-electron chi connectivity index (χ3n) is 4.61. The summed E-state index contributed by atoms with van der Waals surface area (Å²) in [6.45, 7) is 6.53. The zero-order chi connectivity index (χ0) is 21.7. The molecule has 2 amide bonds. The van der Waals surface area contributed by atoms with Crippen LogP contribution in [0.1, 0.15) is 32.8 Å². The van der Waals surface area contributed by atoms with E-state index in [1.165, 1.54) is 4.90 Å². The van der Waals surface area contributed by atoms with E-state index < -0.39 is 11.7 Å². The molecule has 0 bridgehead atoms. The molecule has 1 fully saturated rings. The number of thiol groups is 1. The normalized spacial score (nSPS) is 15.9. The highest BCUT2D eigenvalue weighted by atomic mass is 32.1. The lowest BCUT2D eigenvalue weighted by Gasteiger charge is -2.43. The number of benzene rings is 1. The Morgan fingerprint density at radius 2 is 1.97 bits per heavy atom. The first kappa shape index (κ1) is 22.0. The van der Waals surface area contributed by atoms with E-state index >= 15 is 0 Å². The maximum absolute atomic E-state index is 12.9.